The van der Waals surface area contributed by atoms with E-state index in [0.29, 0.717) is 30.2 Å². The predicted molar refractivity (Wildman–Crippen MR) is 110 cm³/mol. The van der Waals surface area contributed by atoms with Gasteiger partial charge in [0.25, 0.3) is 5.91 Å². The molecule has 0 spiro atoms. The van der Waals surface area contributed by atoms with Crippen molar-refractivity contribution >= 4 is 11.8 Å². The summed E-state index contributed by atoms with van der Waals surface area (Å²) in [5, 5.41) is 2.98. The number of nitrogens with zero attached hydrogens (tertiary/aromatic N) is 2. The Bertz CT molecular complexity index is 872. The molecule has 0 aliphatic carbocycles. The van der Waals surface area contributed by atoms with E-state index in [9.17, 15) is 9.59 Å². The molecule has 154 valence electrons. The summed E-state index contributed by atoms with van der Waals surface area (Å²) in [5.41, 5.74) is 1.38. The first-order chi connectivity index (χ1) is 14.0. The van der Waals surface area contributed by atoms with Crippen molar-refractivity contribution < 1.29 is 19.1 Å². The number of amides is 2. The first kappa shape index (κ1) is 20.7. The van der Waals surface area contributed by atoms with Crippen LogP contribution >= 0.6 is 0 Å². The number of benzene rings is 2. The first-order valence-electron chi connectivity index (χ1n) is 9.48. The van der Waals surface area contributed by atoms with Gasteiger partial charge in [-0.3, -0.25) is 14.5 Å². The summed E-state index contributed by atoms with van der Waals surface area (Å²) in [7, 11) is 6.81. The Kier molecular flexibility index (Phi) is 6.39. The Balaban J connectivity index is 1.73. The second kappa shape index (κ2) is 8.96. The van der Waals surface area contributed by atoms with Gasteiger partial charge in [0.05, 0.1) is 19.8 Å². The van der Waals surface area contributed by atoms with E-state index in [0.717, 1.165) is 5.56 Å². The smallest absolute Gasteiger partial charge is 0.255 e. The molecule has 7 heteroatoms. The van der Waals surface area contributed by atoms with Gasteiger partial charge in [-0.15, -0.1) is 0 Å². The second-order valence-corrected chi connectivity index (χ2v) is 7.13. The van der Waals surface area contributed by atoms with Crippen LogP contribution in [0.4, 0.5) is 0 Å². The van der Waals surface area contributed by atoms with Crippen molar-refractivity contribution in [3.63, 3.8) is 0 Å². The van der Waals surface area contributed by atoms with Crippen LogP contribution < -0.4 is 14.8 Å². The van der Waals surface area contributed by atoms with Crippen molar-refractivity contribution in [3.05, 3.63) is 59.7 Å². The summed E-state index contributed by atoms with van der Waals surface area (Å²) in [6, 6.07) is 14.4. The van der Waals surface area contributed by atoms with Crippen LogP contribution in [-0.4, -0.2) is 69.1 Å². The van der Waals surface area contributed by atoms with E-state index in [-0.39, 0.29) is 23.9 Å². The molecule has 1 saturated heterocycles. The minimum atomic E-state index is -0.368. The SMILES string of the molecule is COc1ccc(C(=O)NC[C@@H]2CN(C)C(=O)[C@H](c3ccccc3)N2C)c(OC)c1. The third-order valence-electron chi connectivity index (χ3n) is 5.34. The van der Waals surface area contributed by atoms with Gasteiger partial charge in [0.2, 0.25) is 5.91 Å². The van der Waals surface area contributed by atoms with E-state index in [4.69, 9.17) is 9.47 Å². The van der Waals surface area contributed by atoms with Crippen LogP contribution in [0.2, 0.25) is 0 Å². The van der Waals surface area contributed by atoms with Crippen molar-refractivity contribution in [2.45, 2.75) is 12.1 Å². The van der Waals surface area contributed by atoms with Crippen molar-refractivity contribution in [3.8, 4) is 11.5 Å². The Morgan fingerprint density at radius 2 is 1.83 bits per heavy atom. The lowest BCUT2D eigenvalue weighted by Crippen LogP contribution is -2.58. The third kappa shape index (κ3) is 4.35. The highest BCUT2D eigenvalue weighted by Crippen LogP contribution is 2.28. The minimum absolute atomic E-state index is 0.0175. The molecule has 0 unspecified atom stereocenters. The molecule has 2 aromatic rings. The molecule has 0 bridgehead atoms. The summed E-state index contributed by atoms with van der Waals surface area (Å²) < 4.78 is 10.5. The molecule has 7 nitrogen and oxygen atoms in total. The van der Waals surface area contributed by atoms with E-state index in [2.05, 4.69) is 5.32 Å². The van der Waals surface area contributed by atoms with Gasteiger partial charge < -0.3 is 19.7 Å². The van der Waals surface area contributed by atoms with Gasteiger partial charge in [0.1, 0.15) is 17.5 Å². The molecule has 0 aromatic heterocycles. The van der Waals surface area contributed by atoms with E-state index in [1.165, 1.54) is 7.11 Å². The molecule has 1 aliphatic heterocycles. The zero-order valence-electron chi connectivity index (χ0n) is 17.2. The Hall–Kier alpha value is -3.06. The number of carbonyl (C=O) groups excluding carboxylic acids is 2. The fraction of sp³-hybridized carbons (Fsp3) is 0.364. The number of ether oxygens (including phenoxy) is 2. The Labute approximate surface area is 171 Å². The van der Waals surface area contributed by atoms with Crippen molar-refractivity contribution in [2.75, 3.05) is 41.4 Å². The van der Waals surface area contributed by atoms with Crippen LogP contribution in [0, 0.1) is 0 Å². The zero-order chi connectivity index (χ0) is 21.0. The maximum Gasteiger partial charge on any atom is 0.255 e. The maximum absolute atomic E-state index is 12.8. The molecule has 1 heterocycles. The summed E-state index contributed by atoms with van der Waals surface area (Å²) in [6.45, 7) is 0.949. The standard InChI is InChI=1S/C22H27N3O4/c1-24-14-16(25(2)20(22(24)27)15-8-6-5-7-9-15)13-23-21(26)18-11-10-17(28-3)12-19(18)29-4/h5-12,16,20H,13-14H2,1-4H3,(H,23,26)/t16-,20+/m1/s1. The van der Waals surface area contributed by atoms with Crippen LogP contribution in [0.3, 0.4) is 0 Å². The number of methoxy groups -OCH3 is 2. The van der Waals surface area contributed by atoms with Gasteiger partial charge >= 0.3 is 0 Å². The molecule has 3 rings (SSSR count). The van der Waals surface area contributed by atoms with Crippen LogP contribution in [0.5, 0.6) is 11.5 Å². The number of hydrogen-bond donors (Lipinski definition) is 1. The number of likely N-dealkylation sites (N-methyl/N-ethyl adjacent to an activating group) is 2. The van der Waals surface area contributed by atoms with Gasteiger partial charge in [-0.05, 0) is 24.7 Å². The van der Waals surface area contributed by atoms with Crippen LogP contribution in [0.25, 0.3) is 0 Å². The summed E-state index contributed by atoms with van der Waals surface area (Å²) in [4.78, 5) is 29.2. The molecule has 1 aliphatic rings. The lowest BCUT2D eigenvalue weighted by atomic mass is 9.99. The summed E-state index contributed by atoms with van der Waals surface area (Å²) in [5.74, 6) is 0.899. The van der Waals surface area contributed by atoms with Gasteiger partial charge in [-0.1, -0.05) is 30.3 Å². The molecule has 1 fully saturated rings. The molecule has 0 saturated carbocycles. The summed E-state index contributed by atoms with van der Waals surface area (Å²) in [6.07, 6.45) is 0. The lowest BCUT2D eigenvalue weighted by Gasteiger charge is -2.43. The van der Waals surface area contributed by atoms with E-state index < -0.39 is 0 Å². The average molecular weight is 397 g/mol. The topological polar surface area (TPSA) is 71.1 Å². The number of carbonyl (C=O) groups is 2. The predicted octanol–water partition coefficient (Wildman–Crippen LogP) is 1.95. The normalized spacial score (nSPS) is 19.7. The van der Waals surface area contributed by atoms with Crippen molar-refractivity contribution in [2.24, 2.45) is 0 Å². The molecule has 2 aromatic carbocycles. The van der Waals surface area contributed by atoms with E-state index >= 15 is 0 Å². The third-order valence-corrected chi connectivity index (χ3v) is 5.34. The highest BCUT2D eigenvalue weighted by molar-refractivity contribution is 5.97. The van der Waals surface area contributed by atoms with E-state index in [1.807, 2.05) is 42.3 Å². The largest absolute Gasteiger partial charge is 0.497 e. The van der Waals surface area contributed by atoms with Gasteiger partial charge in [-0.25, -0.2) is 0 Å². The number of nitrogens with one attached hydrogen (secondary N) is 1. The minimum Gasteiger partial charge on any atom is -0.497 e. The molecular formula is C22H27N3O4. The Morgan fingerprint density at radius 3 is 2.48 bits per heavy atom. The summed E-state index contributed by atoms with van der Waals surface area (Å²) >= 11 is 0. The average Bonchev–Trinajstić information content (AvgIpc) is 2.75. The molecule has 2 amide bonds. The number of piperazine rings is 1. The Morgan fingerprint density at radius 1 is 1.10 bits per heavy atom. The molecule has 1 N–H and O–H groups in total. The van der Waals surface area contributed by atoms with Crippen molar-refractivity contribution in [1.29, 1.82) is 0 Å². The molecule has 29 heavy (non-hydrogen) atoms. The molecule has 2 atom stereocenters. The first-order valence-corrected chi connectivity index (χ1v) is 9.48. The quantitative estimate of drug-likeness (QED) is 0.807. The van der Waals surface area contributed by atoms with Gasteiger partial charge in [0, 0.05) is 32.2 Å². The molecule has 0 radical (unpaired) electrons. The van der Waals surface area contributed by atoms with Crippen LogP contribution in [-0.2, 0) is 4.79 Å². The second-order valence-electron chi connectivity index (χ2n) is 7.13. The lowest BCUT2D eigenvalue weighted by molar-refractivity contribution is -0.142. The fourth-order valence-corrected chi connectivity index (χ4v) is 3.64. The fourth-order valence-electron chi connectivity index (χ4n) is 3.64. The monoisotopic (exact) mass is 397 g/mol. The number of rotatable bonds is 6. The number of hydrogen-bond acceptors (Lipinski definition) is 5. The highest BCUT2D eigenvalue weighted by atomic mass is 16.5. The van der Waals surface area contributed by atoms with Crippen molar-refractivity contribution in [1.82, 2.24) is 15.1 Å². The van der Waals surface area contributed by atoms with Gasteiger partial charge in [-0.2, -0.15) is 0 Å². The van der Waals surface area contributed by atoms with Crippen LogP contribution in [0.1, 0.15) is 22.0 Å². The maximum atomic E-state index is 12.8. The van der Waals surface area contributed by atoms with Crippen LogP contribution in [0.15, 0.2) is 48.5 Å². The van der Waals surface area contributed by atoms with E-state index in [1.54, 1.807) is 37.3 Å². The molecular weight excluding hydrogens is 370 g/mol. The highest BCUT2D eigenvalue weighted by Gasteiger charge is 2.38. The zero-order valence-corrected chi connectivity index (χ0v) is 17.2. The van der Waals surface area contributed by atoms with Gasteiger partial charge in [0.15, 0.2) is 0 Å².